The van der Waals surface area contributed by atoms with Crippen LogP contribution in [-0.2, 0) is 21.3 Å². The number of ether oxygens (including phenoxy) is 1. The predicted molar refractivity (Wildman–Crippen MR) is 80.5 cm³/mol. The standard InChI is InChI=1S/C13H22N2O3S2/c1-3-14-9-10-7-8-13(19-10)20(16,17)15-11-5-4-6-12(11)18-2/h7-8,11-12,14-15H,3-6,9H2,1-2H3. The van der Waals surface area contributed by atoms with Gasteiger partial charge in [0.25, 0.3) is 0 Å². The Morgan fingerprint density at radius 3 is 2.90 bits per heavy atom. The zero-order chi connectivity index (χ0) is 14.6. The molecule has 1 heterocycles. The van der Waals surface area contributed by atoms with Crippen LogP contribution in [0, 0.1) is 0 Å². The first-order valence-corrected chi connectivity index (χ1v) is 9.21. The fourth-order valence-electron chi connectivity index (χ4n) is 2.45. The van der Waals surface area contributed by atoms with E-state index in [1.807, 2.05) is 13.0 Å². The maximum atomic E-state index is 12.4. The van der Waals surface area contributed by atoms with Gasteiger partial charge in [0.15, 0.2) is 0 Å². The number of sulfonamides is 1. The molecule has 2 rings (SSSR count). The summed E-state index contributed by atoms with van der Waals surface area (Å²) >= 11 is 1.32. The molecule has 0 aromatic carbocycles. The van der Waals surface area contributed by atoms with E-state index in [2.05, 4.69) is 10.0 Å². The van der Waals surface area contributed by atoms with Gasteiger partial charge in [-0.15, -0.1) is 11.3 Å². The van der Waals surface area contributed by atoms with E-state index in [0.29, 0.717) is 10.8 Å². The topological polar surface area (TPSA) is 67.4 Å². The number of nitrogens with one attached hydrogen (secondary N) is 2. The van der Waals surface area contributed by atoms with Gasteiger partial charge in [0.2, 0.25) is 10.0 Å². The lowest BCUT2D eigenvalue weighted by atomic mass is 10.2. The van der Waals surface area contributed by atoms with Gasteiger partial charge in [0, 0.05) is 24.6 Å². The van der Waals surface area contributed by atoms with Crippen molar-refractivity contribution in [2.24, 2.45) is 0 Å². The van der Waals surface area contributed by atoms with Gasteiger partial charge >= 0.3 is 0 Å². The number of hydrogen-bond donors (Lipinski definition) is 2. The van der Waals surface area contributed by atoms with Crippen LogP contribution < -0.4 is 10.0 Å². The first-order chi connectivity index (χ1) is 9.56. The third-order valence-corrected chi connectivity index (χ3v) is 6.58. The summed E-state index contributed by atoms with van der Waals surface area (Å²) in [5.41, 5.74) is 0. The van der Waals surface area contributed by atoms with Gasteiger partial charge in [0.1, 0.15) is 4.21 Å². The minimum absolute atomic E-state index is 0.00837. The fourth-order valence-corrected chi connectivity index (χ4v) is 5.09. The molecule has 2 N–H and O–H groups in total. The van der Waals surface area contributed by atoms with E-state index in [1.165, 1.54) is 11.3 Å². The number of hydrogen-bond acceptors (Lipinski definition) is 5. The van der Waals surface area contributed by atoms with E-state index in [9.17, 15) is 8.42 Å². The van der Waals surface area contributed by atoms with Crippen LogP contribution in [-0.4, -0.2) is 34.2 Å². The molecule has 5 nitrogen and oxygen atoms in total. The Kier molecular flexibility index (Phi) is 5.57. The molecule has 2 unspecified atom stereocenters. The molecule has 1 fully saturated rings. The maximum absolute atomic E-state index is 12.4. The fraction of sp³-hybridized carbons (Fsp3) is 0.692. The first kappa shape index (κ1) is 15.9. The van der Waals surface area contributed by atoms with Crippen LogP contribution in [0.4, 0.5) is 0 Å². The highest BCUT2D eigenvalue weighted by atomic mass is 32.2. The van der Waals surface area contributed by atoms with Gasteiger partial charge in [0.05, 0.1) is 6.10 Å². The van der Waals surface area contributed by atoms with Crippen molar-refractivity contribution in [2.45, 2.75) is 49.1 Å². The summed E-state index contributed by atoms with van der Waals surface area (Å²) in [6.45, 7) is 3.61. The lowest BCUT2D eigenvalue weighted by molar-refractivity contribution is 0.0916. The summed E-state index contributed by atoms with van der Waals surface area (Å²) < 4.78 is 33.2. The molecule has 7 heteroatoms. The van der Waals surface area contributed by atoms with Crippen LogP contribution in [0.1, 0.15) is 31.1 Å². The number of rotatable bonds is 7. The summed E-state index contributed by atoms with van der Waals surface area (Å²) in [5.74, 6) is 0. The van der Waals surface area contributed by atoms with Crippen LogP contribution in [0.25, 0.3) is 0 Å². The highest BCUT2D eigenvalue weighted by molar-refractivity contribution is 7.91. The molecule has 114 valence electrons. The van der Waals surface area contributed by atoms with Crippen molar-refractivity contribution in [2.75, 3.05) is 13.7 Å². The zero-order valence-electron chi connectivity index (χ0n) is 11.9. The van der Waals surface area contributed by atoms with Crippen molar-refractivity contribution in [3.63, 3.8) is 0 Å². The smallest absolute Gasteiger partial charge is 0.250 e. The van der Waals surface area contributed by atoms with E-state index in [4.69, 9.17) is 4.74 Å². The average molecular weight is 318 g/mol. The van der Waals surface area contributed by atoms with Crippen molar-refractivity contribution >= 4 is 21.4 Å². The monoisotopic (exact) mass is 318 g/mol. The highest BCUT2D eigenvalue weighted by Gasteiger charge is 2.31. The summed E-state index contributed by atoms with van der Waals surface area (Å²) in [6, 6.07) is 3.44. The van der Waals surface area contributed by atoms with E-state index in [-0.39, 0.29) is 12.1 Å². The Morgan fingerprint density at radius 2 is 2.20 bits per heavy atom. The summed E-state index contributed by atoms with van der Waals surface area (Å²) in [5, 5.41) is 3.19. The van der Waals surface area contributed by atoms with Gasteiger partial charge in [-0.2, -0.15) is 0 Å². The second-order valence-corrected chi connectivity index (χ2v) is 8.04. The largest absolute Gasteiger partial charge is 0.380 e. The molecular formula is C13H22N2O3S2. The van der Waals surface area contributed by atoms with Crippen LogP contribution in [0.3, 0.4) is 0 Å². The molecule has 0 amide bonds. The lowest BCUT2D eigenvalue weighted by Gasteiger charge is -2.18. The van der Waals surface area contributed by atoms with Crippen molar-refractivity contribution in [3.8, 4) is 0 Å². The van der Waals surface area contributed by atoms with E-state index < -0.39 is 10.0 Å². The zero-order valence-corrected chi connectivity index (χ0v) is 13.5. The molecule has 1 saturated carbocycles. The highest BCUT2D eigenvalue weighted by Crippen LogP contribution is 2.26. The van der Waals surface area contributed by atoms with E-state index in [0.717, 1.165) is 30.7 Å². The molecule has 0 saturated heterocycles. The Bertz CT molecular complexity index is 527. The molecule has 1 aliphatic carbocycles. The third-order valence-electron chi connectivity index (χ3n) is 3.51. The average Bonchev–Trinajstić information content (AvgIpc) is 3.04. The summed E-state index contributed by atoms with van der Waals surface area (Å²) in [7, 11) is -1.79. The molecule has 1 aliphatic rings. The molecule has 1 aromatic heterocycles. The molecule has 1 aromatic rings. The Morgan fingerprint density at radius 1 is 1.40 bits per heavy atom. The van der Waals surface area contributed by atoms with Crippen LogP contribution >= 0.6 is 11.3 Å². The number of thiophene rings is 1. The van der Waals surface area contributed by atoms with Gasteiger partial charge in [-0.25, -0.2) is 13.1 Å². The second-order valence-electron chi connectivity index (χ2n) is 4.93. The molecule has 0 radical (unpaired) electrons. The Labute approximate surface area is 124 Å². The third kappa shape index (κ3) is 3.79. The summed E-state index contributed by atoms with van der Waals surface area (Å²) in [4.78, 5) is 1.03. The number of methoxy groups -OCH3 is 1. The molecule has 0 bridgehead atoms. The Hall–Kier alpha value is -0.470. The normalized spacial score (nSPS) is 23.3. The minimum Gasteiger partial charge on any atom is -0.380 e. The quantitative estimate of drug-likeness (QED) is 0.803. The van der Waals surface area contributed by atoms with Crippen LogP contribution in [0.5, 0.6) is 0 Å². The SMILES string of the molecule is CCNCc1ccc(S(=O)(=O)NC2CCCC2OC)s1. The van der Waals surface area contributed by atoms with Gasteiger partial charge in [-0.3, -0.25) is 0 Å². The van der Waals surface area contributed by atoms with Crippen LogP contribution in [0.2, 0.25) is 0 Å². The van der Waals surface area contributed by atoms with Gasteiger partial charge in [-0.05, 0) is 37.9 Å². The molecule has 20 heavy (non-hydrogen) atoms. The molecule has 0 spiro atoms. The second kappa shape index (κ2) is 7.00. The van der Waals surface area contributed by atoms with Crippen molar-refractivity contribution in [1.82, 2.24) is 10.0 Å². The minimum atomic E-state index is -3.43. The predicted octanol–water partition coefficient (Wildman–Crippen LogP) is 1.70. The van der Waals surface area contributed by atoms with Crippen molar-refractivity contribution in [1.29, 1.82) is 0 Å². The van der Waals surface area contributed by atoms with Gasteiger partial charge < -0.3 is 10.1 Å². The van der Waals surface area contributed by atoms with Crippen molar-refractivity contribution < 1.29 is 13.2 Å². The lowest BCUT2D eigenvalue weighted by Crippen LogP contribution is -2.40. The molecule has 0 aliphatic heterocycles. The maximum Gasteiger partial charge on any atom is 0.250 e. The van der Waals surface area contributed by atoms with E-state index in [1.54, 1.807) is 13.2 Å². The Balaban J connectivity index is 2.04. The van der Waals surface area contributed by atoms with Crippen molar-refractivity contribution in [3.05, 3.63) is 17.0 Å². The molecule has 2 atom stereocenters. The van der Waals surface area contributed by atoms with E-state index >= 15 is 0 Å². The summed E-state index contributed by atoms with van der Waals surface area (Å²) in [6.07, 6.45) is 2.75. The van der Waals surface area contributed by atoms with Crippen LogP contribution in [0.15, 0.2) is 16.3 Å². The first-order valence-electron chi connectivity index (χ1n) is 6.91. The van der Waals surface area contributed by atoms with Gasteiger partial charge in [-0.1, -0.05) is 6.92 Å². The molecular weight excluding hydrogens is 296 g/mol.